The molecule has 7 rings (SSSR count). The molecule has 2 atom stereocenters. The van der Waals surface area contributed by atoms with E-state index >= 15 is 0 Å². The Kier molecular flexibility index (Phi) is 6.17. The minimum Gasteiger partial charge on any atom is -0.452 e. The number of rotatable bonds is 7. The van der Waals surface area contributed by atoms with Crippen LogP contribution in [-0.4, -0.2) is 63.1 Å². The van der Waals surface area contributed by atoms with Crippen LogP contribution < -0.4 is 10.1 Å². The third-order valence-electron chi connectivity index (χ3n) is 7.76. The highest BCUT2D eigenvalue weighted by Crippen LogP contribution is 2.41. The molecule has 0 spiro atoms. The van der Waals surface area contributed by atoms with Crippen LogP contribution >= 0.6 is 0 Å². The Hall–Kier alpha value is -4.17. The van der Waals surface area contributed by atoms with E-state index < -0.39 is 12.5 Å². The number of aliphatic hydroxyl groups excluding tert-OH is 1. The van der Waals surface area contributed by atoms with Crippen molar-refractivity contribution in [3.8, 4) is 11.5 Å². The van der Waals surface area contributed by atoms with Crippen LogP contribution in [0, 0.1) is 0 Å². The third-order valence-corrected chi connectivity index (χ3v) is 7.76. The summed E-state index contributed by atoms with van der Waals surface area (Å²) in [6, 6.07) is 1.54. The van der Waals surface area contributed by atoms with Crippen LogP contribution in [0.15, 0.2) is 30.9 Å². The van der Waals surface area contributed by atoms with E-state index in [9.17, 15) is 13.9 Å². The molecule has 0 aromatic carbocycles. The van der Waals surface area contributed by atoms with E-state index in [1.165, 1.54) is 17.0 Å². The van der Waals surface area contributed by atoms with Crippen molar-refractivity contribution in [3.63, 3.8) is 0 Å². The summed E-state index contributed by atoms with van der Waals surface area (Å²) in [5, 5.41) is 18.3. The summed E-state index contributed by atoms with van der Waals surface area (Å²) < 4.78 is 45.7. The molecule has 1 saturated heterocycles. The second-order valence-corrected chi connectivity index (χ2v) is 11.9. The number of alkyl halides is 2. The molecule has 14 heteroatoms. The minimum atomic E-state index is -2.86. The standard InChI is InChI=1S/C28H31F2N9O3/c1-28(2,3)19-7-20(36-39(19)16-12-41-13-17(16)40)34-27-35-25-23(37(27)4)22(24(29)30)18(9-32-25)42-15-8-31-21-10-33-26(14-5-6-14)38(21)11-15/h7-11,14,16-17,24,40H,5-6,12-13H2,1-4H3,(H,32,34,35,36). The summed E-state index contributed by atoms with van der Waals surface area (Å²) in [4.78, 5) is 17.7. The van der Waals surface area contributed by atoms with Gasteiger partial charge in [0.15, 0.2) is 28.6 Å². The maximum absolute atomic E-state index is 14.6. The topological polar surface area (TPSA) is 129 Å². The van der Waals surface area contributed by atoms with Gasteiger partial charge in [-0.3, -0.25) is 9.08 Å². The van der Waals surface area contributed by atoms with Gasteiger partial charge in [-0.2, -0.15) is 10.1 Å². The Bertz CT molecular complexity index is 1800. The number of aliphatic hydroxyl groups is 1. The molecule has 0 amide bonds. The Morgan fingerprint density at radius 2 is 1.93 bits per heavy atom. The lowest BCUT2D eigenvalue weighted by Crippen LogP contribution is -2.28. The first-order valence-electron chi connectivity index (χ1n) is 13.9. The van der Waals surface area contributed by atoms with Gasteiger partial charge in [0.25, 0.3) is 6.43 Å². The molecule has 5 aromatic heterocycles. The largest absolute Gasteiger partial charge is 0.452 e. The van der Waals surface area contributed by atoms with Crippen molar-refractivity contribution in [2.45, 2.75) is 63.5 Å². The number of anilines is 2. The fourth-order valence-corrected chi connectivity index (χ4v) is 5.44. The molecular weight excluding hydrogens is 548 g/mol. The van der Waals surface area contributed by atoms with E-state index in [1.807, 2.05) is 10.5 Å². The predicted molar refractivity (Wildman–Crippen MR) is 149 cm³/mol. The monoisotopic (exact) mass is 579 g/mol. The summed E-state index contributed by atoms with van der Waals surface area (Å²) >= 11 is 0. The van der Waals surface area contributed by atoms with Gasteiger partial charge in [0.05, 0.1) is 43.6 Å². The normalized spacial score (nSPS) is 19.4. The number of fused-ring (bicyclic) bond motifs is 2. The molecule has 1 aliphatic carbocycles. The van der Waals surface area contributed by atoms with Gasteiger partial charge in [-0.1, -0.05) is 20.8 Å². The highest BCUT2D eigenvalue weighted by atomic mass is 19.3. The number of pyridine rings is 1. The maximum atomic E-state index is 14.6. The highest BCUT2D eigenvalue weighted by Gasteiger charge is 2.34. The van der Waals surface area contributed by atoms with Gasteiger partial charge in [-0.25, -0.2) is 23.7 Å². The fraction of sp³-hybridized carbons (Fsp3) is 0.464. The van der Waals surface area contributed by atoms with E-state index in [0.717, 1.165) is 24.4 Å². The van der Waals surface area contributed by atoms with Crippen LogP contribution in [-0.2, 0) is 17.2 Å². The van der Waals surface area contributed by atoms with Crippen LogP contribution in [0.25, 0.3) is 16.8 Å². The van der Waals surface area contributed by atoms with E-state index in [4.69, 9.17) is 14.6 Å². The average Bonchev–Trinajstić information content (AvgIpc) is 3.22. The molecule has 6 heterocycles. The van der Waals surface area contributed by atoms with Crippen molar-refractivity contribution in [1.29, 1.82) is 0 Å². The lowest BCUT2D eigenvalue weighted by Gasteiger charge is -2.24. The maximum Gasteiger partial charge on any atom is 0.269 e. The predicted octanol–water partition coefficient (Wildman–Crippen LogP) is 4.79. The van der Waals surface area contributed by atoms with Crippen molar-refractivity contribution >= 4 is 28.6 Å². The van der Waals surface area contributed by atoms with Crippen LogP contribution in [0.1, 0.15) is 69.1 Å². The van der Waals surface area contributed by atoms with E-state index in [-0.39, 0.29) is 46.5 Å². The number of hydrogen-bond acceptors (Lipinski definition) is 9. The lowest BCUT2D eigenvalue weighted by molar-refractivity contribution is 0.117. The number of ether oxygens (including phenoxy) is 2. The quantitative estimate of drug-likeness (QED) is 0.280. The van der Waals surface area contributed by atoms with Crippen molar-refractivity contribution in [3.05, 3.63) is 47.9 Å². The molecule has 2 fully saturated rings. The molecule has 220 valence electrons. The Morgan fingerprint density at radius 3 is 2.62 bits per heavy atom. The summed E-state index contributed by atoms with van der Waals surface area (Å²) in [5.74, 6) is 2.21. The van der Waals surface area contributed by atoms with Crippen molar-refractivity contribution in [2.24, 2.45) is 7.05 Å². The molecule has 2 unspecified atom stereocenters. The molecular formula is C28H31F2N9O3. The third kappa shape index (κ3) is 4.54. The van der Waals surface area contributed by atoms with Gasteiger partial charge in [-0.15, -0.1) is 0 Å². The highest BCUT2D eigenvalue weighted by molar-refractivity contribution is 5.81. The Balaban J connectivity index is 1.24. The van der Waals surface area contributed by atoms with Gasteiger partial charge >= 0.3 is 0 Å². The van der Waals surface area contributed by atoms with Crippen LogP contribution in [0.2, 0.25) is 0 Å². The van der Waals surface area contributed by atoms with E-state index in [1.54, 1.807) is 24.1 Å². The number of imidazole rings is 2. The van der Waals surface area contributed by atoms with E-state index in [0.29, 0.717) is 29.7 Å². The number of aryl methyl sites for hydroxylation is 1. The van der Waals surface area contributed by atoms with Crippen LogP contribution in [0.3, 0.4) is 0 Å². The average molecular weight is 580 g/mol. The van der Waals surface area contributed by atoms with E-state index in [2.05, 4.69) is 46.0 Å². The van der Waals surface area contributed by atoms with Gasteiger partial charge in [0, 0.05) is 30.1 Å². The minimum absolute atomic E-state index is 0.0872. The van der Waals surface area contributed by atoms with Crippen molar-refractivity contribution < 1.29 is 23.4 Å². The lowest BCUT2D eigenvalue weighted by atomic mass is 9.91. The SMILES string of the molecule is Cn1c(Nc2cc(C(C)(C)C)n(C3COCC3O)n2)nc2ncc(Oc3cnc4cnc(C5CC5)n4c3)c(C(F)F)c21. The zero-order chi connectivity index (χ0) is 29.3. The summed E-state index contributed by atoms with van der Waals surface area (Å²) in [6.45, 7) is 6.73. The summed E-state index contributed by atoms with van der Waals surface area (Å²) in [6.07, 6.45) is 4.72. The van der Waals surface area contributed by atoms with Gasteiger partial charge in [-0.05, 0) is 12.8 Å². The van der Waals surface area contributed by atoms with Gasteiger partial charge < -0.3 is 24.5 Å². The Labute approximate surface area is 239 Å². The number of nitrogens with zero attached hydrogens (tertiary/aromatic N) is 8. The summed E-state index contributed by atoms with van der Waals surface area (Å²) in [7, 11) is 1.63. The molecule has 1 aliphatic heterocycles. The zero-order valence-electron chi connectivity index (χ0n) is 23.6. The molecule has 12 nitrogen and oxygen atoms in total. The number of nitrogens with one attached hydrogen (secondary N) is 1. The first-order chi connectivity index (χ1) is 20.1. The molecule has 2 aliphatic rings. The fourth-order valence-electron chi connectivity index (χ4n) is 5.44. The molecule has 0 radical (unpaired) electrons. The van der Waals surface area contributed by atoms with Crippen molar-refractivity contribution in [2.75, 3.05) is 18.5 Å². The first kappa shape index (κ1) is 26.7. The van der Waals surface area contributed by atoms with Gasteiger partial charge in [0.1, 0.15) is 23.5 Å². The number of halogens is 2. The van der Waals surface area contributed by atoms with Crippen LogP contribution in [0.5, 0.6) is 11.5 Å². The summed E-state index contributed by atoms with van der Waals surface area (Å²) in [5.41, 5.74) is 1.21. The smallest absolute Gasteiger partial charge is 0.269 e. The van der Waals surface area contributed by atoms with Gasteiger partial charge in [0.2, 0.25) is 5.95 Å². The molecule has 5 aromatic rings. The second-order valence-electron chi connectivity index (χ2n) is 11.9. The molecule has 1 saturated carbocycles. The number of aromatic nitrogens is 8. The second kappa shape index (κ2) is 9.70. The van der Waals surface area contributed by atoms with Crippen molar-refractivity contribution in [1.82, 2.24) is 38.7 Å². The molecule has 2 N–H and O–H groups in total. The molecule has 0 bridgehead atoms. The van der Waals surface area contributed by atoms with Crippen LogP contribution in [0.4, 0.5) is 20.5 Å². The zero-order valence-corrected chi connectivity index (χ0v) is 23.6. The number of hydrogen-bond donors (Lipinski definition) is 2. The molecule has 42 heavy (non-hydrogen) atoms. The first-order valence-corrected chi connectivity index (χ1v) is 13.9. The Morgan fingerprint density at radius 1 is 1.12 bits per heavy atom.